The number of amidine groups is 1. The van der Waals surface area contributed by atoms with Crippen molar-refractivity contribution >= 4 is 17.6 Å². The highest BCUT2D eigenvalue weighted by Crippen LogP contribution is 2.19. The molecule has 0 amide bonds. The van der Waals surface area contributed by atoms with Crippen LogP contribution in [0.5, 0.6) is 0 Å². The maximum atomic E-state index is 7.28. The number of hydrogen-bond acceptors (Lipinski definition) is 2. The zero-order chi connectivity index (χ0) is 10.6. The van der Waals surface area contributed by atoms with Crippen molar-refractivity contribution in [2.45, 2.75) is 24.9 Å². The van der Waals surface area contributed by atoms with Gasteiger partial charge in [0.05, 0.1) is 5.25 Å². The molecular formula is C11H16N2S. The molecule has 0 radical (unpaired) electrons. The third-order valence-corrected chi connectivity index (χ3v) is 3.42. The van der Waals surface area contributed by atoms with Crippen LogP contribution in [0.1, 0.15) is 18.1 Å². The number of rotatable bonds is 4. The molecule has 0 heterocycles. The number of benzene rings is 1. The van der Waals surface area contributed by atoms with E-state index in [1.807, 2.05) is 19.1 Å². The van der Waals surface area contributed by atoms with E-state index in [0.717, 1.165) is 5.75 Å². The fourth-order valence-electron chi connectivity index (χ4n) is 1.08. The average Bonchev–Trinajstić information content (AvgIpc) is 2.16. The molecule has 14 heavy (non-hydrogen) atoms. The number of nitrogens with one attached hydrogen (secondary N) is 1. The molecule has 1 atom stereocenters. The molecule has 0 saturated heterocycles. The Labute approximate surface area is 89.4 Å². The highest BCUT2D eigenvalue weighted by molar-refractivity contribution is 7.99. The summed E-state index contributed by atoms with van der Waals surface area (Å²) >= 11 is 1.70. The number of aryl methyl sites for hydroxylation is 1. The summed E-state index contributed by atoms with van der Waals surface area (Å²) < 4.78 is 0. The van der Waals surface area contributed by atoms with Gasteiger partial charge in [-0.25, -0.2) is 0 Å². The average molecular weight is 208 g/mol. The minimum Gasteiger partial charge on any atom is -0.387 e. The first-order chi connectivity index (χ1) is 6.61. The van der Waals surface area contributed by atoms with Gasteiger partial charge in [-0.15, -0.1) is 11.8 Å². The van der Waals surface area contributed by atoms with Gasteiger partial charge in [-0.3, -0.25) is 5.41 Å². The lowest BCUT2D eigenvalue weighted by Crippen LogP contribution is -2.21. The van der Waals surface area contributed by atoms with E-state index >= 15 is 0 Å². The second kappa shape index (κ2) is 5.05. The smallest absolute Gasteiger partial charge is 0.104 e. The molecule has 3 heteroatoms. The SMILES string of the molecule is Cc1ccccc1CSC(C)C(=N)N. The molecular weight excluding hydrogens is 192 g/mol. The van der Waals surface area contributed by atoms with Crippen LogP contribution in [0.25, 0.3) is 0 Å². The Kier molecular flexibility index (Phi) is 4.01. The van der Waals surface area contributed by atoms with E-state index in [2.05, 4.69) is 19.1 Å². The first kappa shape index (κ1) is 11.1. The van der Waals surface area contributed by atoms with Crippen molar-refractivity contribution in [3.8, 4) is 0 Å². The van der Waals surface area contributed by atoms with Gasteiger partial charge >= 0.3 is 0 Å². The second-order valence-electron chi connectivity index (χ2n) is 3.34. The van der Waals surface area contributed by atoms with Gasteiger partial charge < -0.3 is 5.73 Å². The monoisotopic (exact) mass is 208 g/mol. The number of thioether (sulfide) groups is 1. The largest absolute Gasteiger partial charge is 0.387 e. The Morgan fingerprint density at radius 3 is 2.71 bits per heavy atom. The maximum Gasteiger partial charge on any atom is 0.104 e. The summed E-state index contributed by atoms with van der Waals surface area (Å²) in [6, 6.07) is 8.31. The lowest BCUT2D eigenvalue weighted by Gasteiger charge is -2.10. The molecule has 1 aromatic rings. The van der Waals surface area contributed by atoms with Crippen molar-refractivity contribution in [3.05, 3.63) is 35.4 Å². The lowest BCUT2D eigenvalue weighted by molar-refractivity contribution is 1.21. The Bertz CT molecular complexity index is 323. The van der Waals surface area contributed by atoms with Crippen LogP contribution in [0.4, 0.5) is 0 Å². The summed E-state index contributed by atoms with van der Waals surface area (Å²) in [4.78, 5) is 0. The first-order valence-electron chi connectivity index (χ1n) is 4.61. The molecule has 0 fully saturated rings. The van der Waals surface area contributed by atoms with Crippen molar-refractivity contribution in [2.75, 3.05) is 0 Å². The minimum absolute atomic E-state index is 0.106. The van der Waals surface area contributed by atoms with Crippen molar-refractivity contribution in [1.29, 1.82) is 5.41 Å². The predicted octanol–water partition coefficient (Wildman–Crippen LogP) is 2.55. The molecule has 76 valence electrons. The molecule has 3 N–H and O–H groups in total. The normalized spacial score (nSPS) is 12.4. The van der Waals surface area contributed by atoms with Crippen LogP contribution >= 0.6 is 11.8 Å². The van der Waals surface area contributed by atoms with Crippen LogP contribution in [0.2, 0.25) is 0 Å². The van der Waals surface area contributed by atoms with Crippen LogP contribution in [0.15, 0.2) is 24.3 Å². The second-order valence-corrected chi connectivity index (χ2v) is 4.66. The van der Waals surface area contributed by atoms with Crippen LogP contribution in [-0.2, 0) is 5.75 Å². The third-order valence-electron chi connectivity index (χ3n) is 2.19. The fraction of sp³-hybridized carbons (Fsp3) is 0.364. The van der Waals surface area contributed by atoms with E-state index < -0.39 is 0 Å². The van der Waals surface area contributed by atoms with Gasteiger partial charge in [-0.2, -0.15) is 0 Å². The van der Waals surface area contributed by atoms with E-state index in [9.17, 15) is 0 Å². The van der Waals surface area contributed by atoms with E-state index in [1.54, 1.807) is 11.8 Å². The van der Waals surface area contributed by atoms with Gasteiger partial charge in [0.1, 0.15) is 5.84 Å². The molecule has 0 aliphatic rings. The van der Waals surface area contributed by atoms with Gasteiger partial charge in [0.15, 0.2) is 0 Å². The standard InChI is InChI=1S/C11H16N2S/c1-8-5-3-4-6-10(8)7-14-9(2)11(12)13/h3-6,9H,7H2,1-2H3,(H3,12,13). The lowest BCUT2D eigenvalue weighted by atomic mass is 10.1. The Morgan fingerprint density at radius 1 is 1.50 bits per heavy atom. The van der Waals surface area contributed by atoms with Crippen LogP contribution in [0, 0.1) is 12.3 Å². The maximum absolute atomic E-state index is 7.28. The molecule has 0 aliphatic carbocycles. The summed E-state index contributed by atoms with van der Waals surface area (Å²) in [5, 5.41) is 7.38. The molecule has 1 unspecified atom stereocenters. The van der Waals surface area contributed by atoms with Crippen LogP contribution in [-0.4, -0.2) is 11.1 Å². The van der Waals surface area contributed by atoms with E-state index in [1.165, 1.54) is 11.1 Å². The summed E-state index contributed by atoms with van der Waals surface area (Å²) in [5.41, 5.74) is 8.03. The number of hydrogen-bond donors (Lipinski definition) is 2. The molecule has 0 aromatic heterocycles. The predicted molar refractivity (Wildman–Crippen MR) is 63.9 cm³/mol. The number of nitrogens with two attached hydrogens (primary N) is 1. The molecule has 2 nitrogen and oxygen atoms in total. The molecule has 0 aliphatic heterocycles. The topological polar surface area (TPSA) is 49.9 Å². The first-order valence-corrected chi connectivity index (χ1v) is 5.66. The van der Waals surface area contributed by atoms with Gasteiger partial charge in [0, 0.05) is 5.75 Å². The van der Waals surface area contributed by atoms with Crippen LogP contribution in [0.3, 0.4) is 0 Å². The van der Waals surface area contributed by atoms with Gasteiger partial charge in [-0.05, 0) is 25.0 Å². The summed E-state index contributed by atoms with van der Waals surface area (Å²) in [7, 11) is 0. The Morgan fingerprint density at radius 2 is 2.14 bits per heavy atom. The highest BCUT2D eigenvalue weighted by Gasteiger charge is 2.06. The van der Waals surface area contributed by atoms with E-state index in [0.29, 0.717) is 0 Å². The molecule has 1 rings (SSSR count). The van der Waals surface area contributed by atoms with Gasteiger partial charge in [0.2, 0.25) is 0 Å². The highest BCUT2D eigenvalue weighted by atomic mass is 32.2. The summed E-state index contributed by atoms with van der Waals surface area (Å²) in [6.07, 6.45) is 0. The Hall–Kier alpha value is -0.960. The Balaban J connectivity index is 2.54. The fourth-order valence-corrected chi connectivity index (χ4v) is 2.01. The van der Waals surface area contributed by atoms with Crippen molar-refractivity contribution < 1.29 is 0 Å². The van der Waals surface area contributed by atoms with Gasteiger partial charge in [0.25, 0.3) is 0 Å². The zero-order valence-electron chi connectivity index (χ0n) is 8.58. The third kappa shape index (κ3) is 3.07. The molecule has 0 saturated carbocycles. The van der Waals surface area contributed by atoms with Crippen molar-refractivity contribution in [1.82, 2.24) is 0 Å². The van der Waals surface area contributed by atoms with E-state index in [4.69, 9.17) is 11.1 Å². The van der Waals surface area contributed by atoms with Gasteiger partial charge in [-0.1, -0.05) is 24.3 Å². The summed E-state index contributed by atoms with van der Waals surface area (Å²) in [6.45, 7) is 4.07. The van der Waals surface area contributed by atoms with Crippen LogP contribution < -0.4 is 5.73 Å². The van der Waals surface area contributed by atoms with Crippen molar-refractivity contribution in [3.63, 3.8) is 0 Å². The molecule has 1 aromatic carbocycles. The van der Waals surface area contributed by atoms with Crippen molar-refractivity contribution in [2.24, 2.45) is 5.73 Å². The van der Waals surface area contributed by atoms with E-state index in [-0.39, 0.29) is 11.1 Å². The summed E-state index contributed by atoms with van der Waals surface area (Å²) in [5.74, 6) is 1.18. The molecule has 0 spiro atoms. The quantitative estimate of drug-likeness (QED) is 0.590. The molecule has 0 bridgehead atoms. The minimum atomic E-state index is 0.106. The zero-order valence-corrected chi connectivity index (χ0v) is 9.40.